The summed E-state index contributed by atoms with van der Waals surface area (Å²) in [6.07, 6.45) is 0. The molecular formula is C18H22N4Na2O10S3. The maximum absolute atomic E-state index is 12.2. The fraction of sp³-hybridized carbons (Fsp3) is 0.333. The van der Waals surface area contributed by atoms with Crippen molar-refractivity contribution >= 4 is 55.3 Å². The van der Waals surface area contributed by atoms with Crippen LogP contribution < -0.4 is 75.0 Å². The Balaban J connectivity index is 0.00000648. The molecule has 37 heavy (non-hydrogen) atoms. The number of nitrogens with zero attached hydrogens (tertiary/aromatic N) is 3. The molecule has 2 aromatic rings. The van der Waals surface area contributed by atoms with Crippen LogP contribution >= 0.6 is 12.3 Å². The summed E-state index contributed by atoms with van der Waals surface area (Å²) >= 11 is 0.432. The Morgan fingerprint density at radius 3 is 2.27 bits per heavy atom. The van der Waals surface area contributed by atoms with E-state index < -0.39 is 32.6 Å². The third-order valence-corrected chi connectivity index (χ3v) is 6.88. The Morgan fingerprint density at radius 2 is 1.70 bits per heavy atom. The van der Waals surface area contributed by atoms with Crippen molar-refractivity contribution in [1.82, 2.24) is 0 Å². The Hall–Kier alpha value is -0.350. The number of nitrogen functional groups attached to an aromatic ring is 1. The fourth-order valence-electron chi connectivity index (χ4n) is 2.71. The summed E-state index contributed by atoms with van der Waals surface area (Å²) in [5, 5.41) is 21.0. The van der Waals surface area contributed by atoms with Gasteiger partial charge in [0, 0.05) is 18.8 Å². The predicted octanol–water partition coefficient (Wildman–Crippen LogP) is -4.43. The number of azo groups is 1. The zero-order valence-corrected chi connectivity index (χ0v) is 26.8. The summed E-state index contributed by atoms with van der Waals surface area (Å²) in [7, 11) is -8.83. The van der Waals surface area contributed by atoms with Gasteiger partial charge in [0.2, 0.25) is 10.4 Å². The molecule has 0 saturated heterocycles. The van der Waals surface area contributed by atoms with Crippen molar-refractivity contribution in [2.45, 2.75) is 11.8 Å². The van der Waals surface area contributed by atoms with E-state index >= 15 is 0 Å². The van der Waals surface area contributed by atoms with Gasteiger partial charge in [-0.15, -0.1) is 9.45 Å². The molecule has 0 radical (unpaired) electrons. The molecule has 0 aromatic heterocycles. The fourth-order valence-corrected chi connectivity index (χ4v) is 4.39. The Kier molecular flexibility index (Phi) is 17.9. The van der Waals surface area contributed by atoms with E-state index in [2.05, 4.69) is 23.8 Å². The van der Waals surface area contributed by atoms with E-state index in [1.54, 1.807) is 18.2 Å². The molecule has 0 unspecified atom stereocenters. The van der Waals surface area contributed by atoms with Gasteiger partial charge in [0.25, 0.3) is 0 Å². The molecule has 19 heteroatoms. The first kappa shape index (κ1) is 36.6. The van der Waals surface area contributed by atoms with Gasteiger partial charge in [-0.25, -0.2) is 16.8 Å². The summed E-state index contributed by atoms with van der Waals surface area (Å²) in [5.74, 6) is -0.680. The van der Waals surface area contributed by atoms with Gasteiger partial charge in [0.05, 0.1) is 35.2 Å². The third kappa shape index (κ3) is 13.5. The van der Waals surface area contributed by atoms with Crippen molar-refractivity contribution in [3.63, 3.8) is 0 Å². The van der Waals surface area contributed by atoms with Crippen molar-refractivity contribution in [2.75, 3.05) is 42.7 Å². The molecule has 14 nitrogen and oxygen atoms in total. The molecule has 2 aromatic carbocycles. The summed E-state index contributed by atoms with van der Waals surface area (Å²) < 4.78 is 68.6. The predicted molar refractivity (Wildman–Crippen MR) is 123 cm³/mol. The third-order valence-electron chi connectivity index (χ3n) is 4.35. The maximum Gasteiger partial charge on any atom is 1.00 e. The van der Waals surface area contributed by atoms with Crippen molar-refractivity contribution in [3.05, 3.63) is 42.5 Å². The van der Waals surface area contributed by atoms with Gasteiger partial charge in [-0.2, -0.15) is 5.11 Å². The topological polar surface area (TPSA) is 205 Å². The number of hydrogen-bond donors (Lipinski definition) is 1. The Morgan fingerprint density at radius 1 is 1.03 bits per heavy atom. The molecule has 2 N–H and O–H groups in total. The van der Waals surface area contributed by atoms with Crippen molar-refractivity contribution in [1.29, 1.82) is 0 Å². The van der Waals surface area contributed by atoms with E-state index in [-0.39, 0.29) is 70.6 Å². The standard InChI is InChI=1S/C18H24N4O10S3.2Na/c1-2-22(9-10-29-33-32-31-23)15-5-8-18(17(19)13-15)21-20-14-3-6-16(7-4-14)34(24,25)12-11-30-35(26,27)28;;/h3-8,13,23H,2,9-12,19H2,1H3,(H,26,27,28);;/q;2*+1/p-2. The second-order valence-corrected chi connectivity index (χ2v) is 10.3. The molecule has 0 fully saturated rings. The smallest absolute Gasteiger partial charge is 0.726 e. The van der Waals surface area contributed by atoms with Gasteiger partial charge in [-0.3, -0.25) is 13.4 Å². The van der Waals surface area contributed by atoms with E-state index in [1.165, 1.54) is 24.3 Å². The van der Waals surface area contributed by atoms with Crippen LogP contribution in [0.2, 0.25) is 0 Å². The minimum atomic E-state index is -4.97. The van der Waals surface area contributed by atoms with Crippen LogP contribution in [0.4, 0.5) is 22.7 Å². The van der Waals surface area contributed by atoms with Crippen molar-refractivity contribution in [3.8, 4) is 0 Å². The van der Waals surface area contributed by atoms with Crippen LogP contribution in [-0.4, -0.2) is 53.4 Å². The zero-order valence-electron chi connectivity index (χ0n) is 20.3. The number of hydrogen-bond acceptors (Lipinski definition) is 15. The molecule has 0 atom stereocenters. The molecule has 2 rings (SSSR count). The van der Waals surface area contributed by atoms with Gasteiger partial charge in [0.1, 0.15) is 5.69 Å². The minimum Gasteiger partial charge on any atom is -0.726 e. The summed E-state index contributed by atoms with van der Waals surface area (Å²) in [5.41, 5.74) is 7.99. The van der Waals surface area contributed by atoms with Gasteiger partial charge >= 0.3 is 59.1 Å². The van der Waals surface area contributed by atoms with E-state index in [4.69, 9.17) is 9.92 Å². The quantitative estimate of drug-likeness (QED) is 0.0237. The van der Waals surface area contributed by atoms with E-state index in [1.807, 2.05) is 11.8 Å². The molecule has 0 amide bonds. The second-order valence-electron chi connectivity index (χ2n) is 6.59. The number of likely N-dealkylation sites (N-methyl/N-ethyl adjacent to an activating group) is 1. The number of anilines is 2. The SMILES string of the molecule is CCN(CCOSOO[O-])c1ccc(N=Nc2ccc(S(=O)(=O)CCOS(=O)(=O)[O-])cc2)c(N)c1.[Na+].[Na+]. The first-order valence-electron chi connectivity index (χ1n) is 9.80. The first-order valence-corrected chi connectivity index (χ1v) is 13.4. The van der Waals surface area contributed by atoms with Crippen LogP contribution in [-0.2, 0) is 38.0 Å². The molecule has 0 bridgehead atoms. The van der Waals surface area contributed by atoms with Crippen LogP contribution in [0, 0.1) is 0 Å². The molecule has 0 aliphatic heterocycles. The molecule has 0 saturated carbocycles. The normalized spacial score (nSPS) is 11.6. The van der Waals surface area contributed by atoms with Gasteiger partial charge < -0.3 is 20.4 Å². The number of sulfone groups is 1. The summed E-state index contributed by atoms with van der Waals surface area (Å²) in [4.78, 5) is 1.87. The molecule has 0 heterocycles. The monoisotopic (exact) mass is 596 g/mol. The van der Waals surface area contributed by atoms with Gasteiger partial charge in [-0.05, 0) is 49.4 Å². The minimum absolute atomic E-state index is 0. The second kappa shape index (κ2) is 18.1. The molecule has 0 aliphatic carbocycles. The van der Waals surface area contributed by atoms with Crippen LogP contribution in [0.3, 0.4) is 0 Å². The number of nitrogens with two attached hydrogens (primary N) is 1. The molecule has 0 spiro atoms. The van der Waals surface area contributed by atoms with Crippen molar-refractivity contribution in [2.24, 2.45) is 10.2 Å². The van der Waals surface area contributed by atoms with Crippen LogP contribution in [0.1, 0.15) is 6.92 Å². The summed E-state index contributed by atoms with van der Waals surface area (Å²) in [6.45, 7) is 2.55. The van der Waals surface area contributed by atoms with Crippen molar-refractivity contribution < 1.29 is 103 Å². The van der Waals surface area contributed by atoms with E-state index in [0.29, 0.717) is 42.5 Å². The number of rotatable bonds is 15. The van der Waals surface area contributed by atoms with Crippen LogP contribution in [0.15, 0.2) is 57.6 Å². The Labute approximate surface area is 263 Å². The Bertz CT molecular complexity index is 1200. The molecular weight excluding hydrogens is 574 g/mol. The summed E-state index contributed by atoms with van der Waals surface area (Å²) in [6, 6.07) is 10.5. The average molecular weight is 597 g/mol. The van der Waals surface area contributed by atoms with E-state index in [0.717, 1.165) is 5.69 Å². The first-order chi connectivity index (χ1) is 16.6. The molecule has 194 valence electrons. The average Bonchev–Trinajstić information content (AvgIpc) is 2.80. The largest absolute Gasteiger partial charge is 1.00 e. The van der Waals surface area contributed by atoms with Crippen LogP contribution in [0.5, 0.6) is 0 Å². The maximum atomic E-state index is 12.2. The van der Waals surface area contributed by atoms with Gasteiger partial charge in [-0.1, -0.05) is 0 Å². The van der Waals surface area contributed by atoms with Gasteiger partial charge in [0.15, 0.2) is 22.2 Å². The molecule has 0 aliphatic rings. The van der Waals surface area contributed by atoms with E-state index in [9.17, 15) is 26.6 Å². The zero-order chi connectivity index (χ0) is 25.9. The van der Waals surface area contributed by atoms with Crippen LogP contribution in [0.25, 0.3) is 0 Å². The number of benzene rings is 2.